The minimum Gasteiger partial charge on any atom is -0.352 e. The molecule has 0 saturated carbocycles. The lowest BCUT2D eigenvalue weighted by atomic mass is 10.1. The van der Waals surface area contributed by atoms with E-state index in [4.69, 9.17) is 0 Å². The molecule has 0 spiro atoms. The monoisotopic (exact) mass is 448 g/mol. The lowest BCUT2D eigenvalue weighted by Crippen LogP contribution is -2.46. The second kappa shape index (κ2) is 9.03. The molecule has 6 nitrogen and oxygen atoms in total. The van der Waals surface area contributed by atoms with Gasteiger partial charge in [-0.25, -0.2) is 0 Å². The number of aryl methyl sites for hydroxylation is 2. The molecule has 7 heteroatoms. The average molecular weight is 448 g/mol. The lowest BCUT2D eigenvalue weighted by Gasteiger charge is -2.22. The van der Waals surface area contributed by atoms with Crippen molar-refractivity contribution >= 4 is 29.9 Å². The maximum Gasteiger partial charge on any atom is 0.191 e. The van der Waals surface area contributed by atoms with Gasteiger partial charge in [0.05, 0.1) is 5.69 Å². The first-order valence-corrected chi connectivity index (χ1v) is 8.53. The number of aromatic nitrogens is 2. The minimum absolute atomic E-state index is 0. The Labute approximate surface area is 163 Å². The predicted octanol–water partition coefficient (Wildman–Crippen LogP) is 2.05. The lowest BCUT2D eigenvalue weighted by molar-refractivity contribution is 0.265. The molecule has 0 aliphatic carbocycles. The van der Waals surface area contributed by atoms with Gasteiger partial charge in [0.2, 0.25) is 0 Å². The summed E-state index contributed by atoms with van der Waals surface area (Å²) in [6, 6.07) is 1.04. The van der Waals surface area contributed by atoms with Gasteiger partial charge in [-0.3, -0.25) is 14.6 Å². The summed E-state index contributed by atoms with van der Waals surface area (Å²) in [5.74, 6) is 1.49. The molecule has 1 aliphatic rings. The maximum absolute atomic E-state index is 4.47. The van der Waals surface area contributed by atoms with Crippen LogP contribution >= 0.6 is 24.0 Å². The van der Waals surface area contributed by atoms with Crippen molar-refractivity contribution in [2.75, 3.05) is 20.1 Å². The molecule has 2 atom stereocenters. The summed E-state index contributed by atoms with van der Waals surface area (Å²) in [6.45, 7) is 14.0. The molecular formula is C17H33IN6. The first kappa shape index (κ1) is 21.2. The van der Waals surface area contributed by atoms with Gasteiger partial charge in [-0.1, -0.05) is 6.92 Å². The van der Waals surface area contributed by atoms with Crippen LogP contribution in [0.1, 0.15) is 37.7 Å². The summed E-state index contributed by atoms with van der Waals surface area (Å²) in [5, 5.41) is 11.5. The topological polar surface area (TPSA) is 57.5 Å². The van der Waals surface area contributed by atoms with E-state index in [9.17, 15) is 0 Å². The number of hydrogen-bond donors (Lipinski definition) is 2. The Morgan fingerprint density at radius 1 is 1.33 bits per heavy atom. The highest BCUT2D eigenvalue weighted by molar-refractivity contribution is 14.0. The van der Waals surface area contributed by atoms with Crippen LogP contribution in [-0.2, 0) is 13.6 Å². The average Bonchev–Trinajstić information content (AvgIpc) is 2.97. The molecule has 1 aromatic rings. The van der Waals surface area contributed by atoms with Crippen LogP contribution in [-0.4, -0.2) is 52.9 Å². The zero-order valence-corrected chi connectivity index (χ0v) is 18.4. The standard InChI is InChI=1S/C17H32N6.HI/c1-11(2)23-9-12(3)16(10-23)20-17(18-6)19-8-15-13(4)21-22(7)14(15)5;/h11-12,16H,8-10H2,1-7H3,(H2,18,19,20);1H. The molecule has 2 unspecified atom stereocenters. The molecule has 2 rings (SSSR count). The molecule has 0 radical (unpaired) electrons. The number of nitrogens with zero attached hydrogens (tertiary/aromatic N) is 4. The first-order chi connectivity index (χ1) is 10.8. The number of rotatable bonds is 4. The van der Waals surface area contributed by atoms with Crippen LogP contribution in [0.4, 0.5) is 0 Å². The van der Waals surface area contributed by atoms with Crippen molar-refractivity contribution in [3.05, 3.63) is 17.0 Å². The van der Waals surface area contributed by atoms with E-state index >= 15 is 0 Å². The molecule has 2 heterocycles. The van der Waals surface area contributed by atoms with Crippen molar-refractivity contribution in [1.82, 2.24) is 25.3 Å². The largest absolute Gasteiger partial charge is 0.352 e. The molecule has 1 aromatic heterocycles. The van der Waals surface area contributed by atoms with Gasteiger partial charge < -0.3 is 10.6 Å². The number of guanidine groups is 1. The second-order valence-electron chi connectivity index (χ2n) is 6.97. The number of hydrogen-bond acceptors (Lipinski definition) is 3. The van der Waals surface area contributed by atoms with Gasteiger partial charge in [0.15, 0.2) is 5.96 Å². The van der Waals surface area contributed by atoms with Gasteiger partial charge in [-0.15, -0.1) is 24.0 Å². The van der Waals surface area contributed by atoms with Crippen molar-refractivity contribution in [3.63, 3.8) is 0 Å². The molecule has 0 aromatic carbocycles. The summed E-state index contributed by atoms with van der Waals surface area (Å²) < 4.78 is 1.93. The van der Waals surface area contributed by atoms with Gasteiger partial charge in [-0.05, 0) is 33.6 Å². The normalized spacial score (nSPS) is 21.9. The Bertz CT molecular complexity index is 566. The van der Waals surface area contributed by atoms with E-state index in [0.717, 1.165) is 31.3 Å². The molecular weight excluding hydrogens is 415 g/mol. The van der Waals surface area contributed by atoms with Gasteiger partial charge in [-0.2, -0.15) is 5.10 Å². The highest BCUT2D eigenvalue weighted by Gasteiger charge is 2.31. The summed E-state index contributed by atoms with van der Waals surface area (Å²) in [4.78, 5) is 6.90. The Kier molecular flexibility index (Phi) is 7.98. The van der Waals surface area contributed by atoms with Crippen LogP contribution in [0.25, 0.3) is 0 Å². The Morgan fingerprint density at radius 2 is 2.00 bits per heavy atom. The molecule has 1 aliphatic heterocycles. The third-order valence-corrected chi connectivity index (χ3v) is 5.01. The fraction of sp³-hybridized carbons (Fsp3) is 0.765. The van der Waals surface area contributed by atoms with Gasteiger partial charge in [0.25, 0.3) is 0 Å². The van der Waals surface area contributed by atoms with E-state index in [0.29, 0.717) is 18.0 Å². The molecule has 138 valence electrons. The maximum atomic E-state index is 4.47. The third-order valence-electron chi connectivity index (χ3n) is 5.01. The van der Waals surface area contributed by atoms with Gasteiger partial charge in [0, 0.05) is 57.1 Å². The van der Waals surface area contributed by atoms with E-state index < -0.39 is 0 Å². The van der Waals surface area contributed by atoms with Gasteiger partial charge >= 0.3 is 0 Å². The van der Waals surface area contributed by atoms with Gasteiger partial charge in [0.1, 0.15) is 0 Å². The smallest absolute Gasteiger partial charge is 0.191 e. The van der Waals surface area contributed by atoms with Crippen LogP contribution in [0, 0.1) is 19.8 Å². The third kappa shape index (κ3) is 4.84. The van der Waals surface area contributed by atoms with Crippen molar-refractivity contribution < 1.29 is 0 Å². The Balaban J connectivity index is 0.00000288. The summed E-state index contributed by atoms with van der Waals surface area (Å²) in [7, 11) is 3.82. The highest BCUT2D eigenvalue weighted by Crippen LogP contribution is 2.18. The van der Waals surface area contributed by atoms with E-state index in [1.165, 1.54) is 11.3 Å². The van der Waals surface area contributed by atoms with E-state index in [1.54, 1.807) is 0 Å². The number of nitrogens with one attached hydrogen (secondary N) is 2. The number of aliphatic imine (C=N–C) groups is 1. The minimum atomic E-state index is 0. The molecule has 0 amide bonds. The molecule has 24 heavy (non-hydrogen) atoms. The fourth-order valence-electron chi connectivity index (χ4n) is 3.23. The molecule has 2 N–H and O–H groups in total. The number of halogens is 1. The SMILES string of the molecule is CN=C(NCc1c(C)nn(C)c1C)NC1CN(C(C)C)CC1C.I. The highest BCUT2D eigenvalue weighted by atomic mass is 127. The van der Waals surface area contributed by atoms with Crippen molar-refractivity contribution in [2.45, 2.75) is 53.2 Å². The second-order valence-corrected chi connectivity index (χ2v) is 6.97. The predicted molar refractivity (Wildman–Crippen MR) is 111 cm³/mol. The van der Waals surface area contributed by atoms with E-state index in [1.807, 2.05) is 18.8 Å². The molecule has 0 bridgehead atoms. The zero-order chi connectivity index (χ0) is 17.1. The summed E-state index contributed by atoms with van der Waals surface area (Å²) in [6.07, 6.45) is 0. The van der Waals surface area contributed by atoms with Crippen LogP contribution in [0.2, 0.25) is 0 Å². The van der Waals surface area contributed by atoms with Crippen molar-refractivity contribution in [2.24, 2.45) is 18.0 Å². The van der Waals surface area contributed by atoms with E-state index in [-0.39, 0.29) is 24.0 Å². The van der Waals surface area contributed by atoms with Crippen molar-refractivity contribution in [1.29, 1.82) is 0 Å². The Morgan fingerprint density at radius 3 is 2.46 bits per heavy atom. The van der Waals surface area contributed by atoms with E-state index in [2.05, 4.69) is 60.2 Å². The fourth-order valence-corrected chi connectivity index (χ4v) is 3.23. The van der Waals surface area contributed by atoms with Crippen LogP contribution in [0.15, 0.2) is 4.99 Å². The summed E-state index contributed by atoms with van der Waals surface area (Å²) in [5.41, 5.74) is 3.53. The first-order valence-electron chi connectivity index (χ1n) is 8.53. The Hall–Kier alpha value is -0.830. The quantitative estimate of drug-likeness (QED) is 0.421. The van der Waals surface area contributed by atoms with Crippen LogP contribution < -0.4 is 10.6 Å². The molecule has 1 saturated heterocycles. The molecule has 1 fully saturated rings. The van der Waals surface area contributed by atoms with Crippen molar-refractivity contribution in [3.8, 4) is 0 Å². The zero-order valence-electron chi connectivity index (χ0n) is 16.1. The van der Waals surface area contributed by atoms with Crippen LogP contribution in [0.5, 0.6) is 0 Å². The van der Waals surface area contributed by atoms with Crippen LogP contribution in [0.3, 0.4) is 0 Å². The summed E-state index contributed by atoms with van der Waals surface area (Å²) >= 11 is 0. The number of likely N-dealkylation sites (tertiary alicyclic amines) is 1.